The Hall–Kier alpha value is -0.980. The molecule has 102 valence electrons. The molecule has 0 aliphatic heterocycles. The molecule has 0 bridgehead atoms. The zero-order valence-corrected chi connectivity index (χ0v) is 10.2. The van der Waals surface area contributed by atoms with E-state index in [1.807, 2.05) is 0 Å². The van der Waals surface area contributed by atoms with E-state index in [-0.39, 0.29) is 10.8 Å². The molecular formula is C11H12ClF3O3. The topological polar surface area (TPSA) is 49.7 Å². The first-order valence-corrected chi connectivity index (χ1v) is 5.44. The third-order valence-electron chi connectivity index (χ3n) is 2.21. The summed E-state index contributed by atoms with van der Waals surface area (Å²) in [6, 6.07) is 4.21. The SMILES string of the molecule is C[C@@H](O)c1ccc(OCC(O)C(F)(F)F)c(Cl)c1. The summed E-state index contributed by atoms with van der Waals surface area (Å²) < 4.78 is 40.9. The Bertz CT molecular complexity index is 407. The molecule has 0 amide bonds. The minimum absolute atomic E-state index is 0.0179. The second kappa shape index (κ2) is 5.77. The van der Waals surface area contributed by atoms with Crippen molar-refractivity contribution in [3.63, 3.8) is 0 Å². The molecule has 0 aliphatic carbocycles. The first kappa shape index (κ1) is 15.1. The predicted molar refractivity (Wildman–Crippen MR) is 59.6 cm³/mol. The lowest BCUT2D eigenvalue weighted by Gasteiger charge is -2.16. The number of ether oxygens (including phenoxy) is 1. The number of aliphatic hydroxyl groups excluding tert-OH is 2. The molecule has 1 aromatic carbocycles. The molecule has 0 fully saturated rings. The van der Waals surface area contributed by atoms with Crippen molar-refractivity contribution >= 4 is 11.6 Å². The predicted octanol–water partition coefficient (Wildman–Crippen LogP) is 2.70. The minimum Gasteiger partial charge on any atom is -0.489 e. The van der Waals surface area contributed by atoms with E-state index < -0.39 is 25.0 Å². The van der Waals surface area contributed by atoms with Crippen LogP contribution in [0.1, 0.15) is 18.6 Å². The van der Waals surface area contributed by atoms with Gasteiger partial charge in [0.2, 0.25) is 0 Å². The number of halogens is 4. The summed E-state index contributed by atoms with van der Waals surface area (Å²) in [5, 5.41) is 18.1. The summed E-state index contributed by atoms with van der Waals surface area (Å²) in [6.07, 6.45) is -8.03. The molecule has 0 saturated carbocycles. The second-order valence-corrected chi connectivity index (χ2v) is 4.14. The van der Waals surface area contributed by atoms with Crippen LogP contribution in [0, 0.1) is 0 Å². The quantitative estimate of drug-likeness (QED) is 0.894. The Morgan fingerprint density at radius 2 is 1.94 bits per heavy atom. The molecule has 1 rings (SSSR count). The lowest BCUT2D eigenvalue weighted by atomic mass is 10.1. The third-order valence-corrected chi connectivity index (χ3v) is 2.51. The van der Waals surface area contributed by atoms with Crippen molar-refractivity contribution in [1.29, 1.82) is 0 Å². The van der Waals surface area contributed by atoms with Crippen molar-refractivity contribution in [3.05, 3.63) is 28.8 Å². The van der Waals surface area contributed by atoms with Crippen LogP contribution in [0.25, 0.3) is 0 Å². The molecule has 0 heterocycles. The number of alkyl halides is 3. The number of aliphatic hydroxyl groups is 2. The van der Waals surface area contributed by atoms with E-state index in [2.05, 4.69) is 0 Å². The lowest BCUT2D eigenvalue weighted by Crippen LogP contribution is -2.34. The van der Waals surface area contributed by atoms with Crippen LogP contribution in [-0.4, -0.2) is 29.1 Å². The number of benzene rings is 1. The van der Waals surface area contributed by atoms with Gasteiger partial charge in [0.15, 0.2) is 6.10 Å². The molecule has 0 spiro atoms. The van der Waals surface area contributed by atoms with Crippen molar-refractivity contribution in [2.24, 2.45) is 0 Å². The molecule has 0 aromatic heterocycles. The van der Waals surface area contributed by atoms with Crippen molar-refractivity contribution in [2.75, 3.05) is 6.61 Å². The van der Waals surface area contributed by atoms with Gasteiger partial charge in [-0.1, -0.05) is 17.7 Å². The van der Waals surface area contributed by atoms with E-state index in [4.69, 9.17) is 21.4 Å². The highest BCUT2D eigenvalue weighted by molar-refractivity contribution is 6.32. The number of hydrogen-bond acceptors (Lipinski definition) is 3. The zero-order chi connectivity index (χ0) is 13.9. The average Bonchev–Trinajstić information content (AvgIpc) is 2.25. The largest absolute Gasteiger partial charge is 0.489 e. The Kier molecular flexibility index (Phi) is 4.84. The molecule has 3 nitrogen and oxygen atoms in total. The standard InChI is InChI=1S/C11H12ClF3O3/c1-6(16)7-2-3-9(8(12)4-7)18-5-10(17)11(13,14)15/h2-4,6,10,16-17H,5H2,1H3/t6-,10?/m1/s1. The summed E-state index contributed by atoms with van der Waals surface area (Å²) in [4.78, 5) is 0. The van der Waals surface area contributed by atoms with Crippen molar-refractivity contribution in [1.82, 2.24) is 0 Å². The lowest BCUT2D eigenvalue weighted by molar-refractivity contribution is -0.210. The van der Waals surface area contributed by atoms with Crippen LogP contribution in [-0.2, 0) is 0 Å². The van der Waals surface area contributed by atoms with E-state index in [0.29, 0.717) is 5.56 Å². The van der Waals surface area contributed by atoms with Gasteiger partial charge in [0.05, 0.1) is 11.1 Å². The summed E-state index contributed by atoms with van der Waals surface area (Å²) in [6.45, 7) is 0.594. The van der Waals surface area contributed by atoms with Gasteiger partial charge in [-0.15, -0.1) is 0 Å². The molecular weight excluding hydrogens is 273 g/mol. The van der Waals surface area contributed by atoms with E-state index in [9.17, 15) is 18.3 Å². The van der Waals surface area contributed by atoms with E-state index in [1.54, 1.807) is 0 Å². The van der Waals surface area contributed by atoms with Crippen molar-refractivity contribution in [3.8, 4) is 5.75 Å². The van der Waals surface area contributed by atoms with Gasteiger partial charge >= 0.3 is 6.18 Å². The van der Waals surface area contributed by atoms with Crippen molar-refractivity contribution in [2.45, 2.75) is 25.3 Å². The maximum atomic E-state index is 12.0. The monoisotopic (exact) mass is 284 g/mol. The van der Waals surface area contributed by atoms with Gasteiger partial charge in [-0.25, -0.2) is 0 Å². The first-order valence-electron chi connectivity index (χ1n) is 5.07. The Morgan fingerprint density at radius 3 is 2.39 bits per heavy atom. The van der Waals surface area contributed by atoms with E-state index in [1.165, 1.54) is 25.1 Å². The van der Waals surface area contributed by atoms with Crippen LogP contribution in [0.5, 0.6) is 5.75 Å². The van der Waals surface area contributed by atoms with Crippen LogP contribution < -0.4 is 4.74 Å². The number of hydrogen-bond donors (Lipinski definition) is 2. The highest BCUT2D eigenvalue weighted by Crippen LogP contribution is 2.29. The summed E-state index contributed by atoms with van der Waals surface area (Å²) >= 11 is 5.77. The molecule has 2 atom stereocenters. The maximum absolute atomic E-state index is 12.0. The van der Waals surface area contributed by atoms with Gasteiger partial charge in [0, 0.05) is 0 Å². The van der Waals surface area contributed by atoms with Crippen LogP contribution >= 0.6 is 11.6 Å². The normalized spacial score (nSPS) is 15.3. The summed E-state index contributed by atoms with van der Waals surface area (Å²) in [5.41, 5.74) is 0.517. The van der Waals surface area contributed by atoms with Gasteiger partial charge in [-0.3, -0.25) is 0 Å². The van der Waals surface area contributed by atoms with Crippen LogP contribution in [0.15, 0.2) is 18.2 Å². The fraction of sp³-hybridized carbons (Fsp3) is 0.455. The smallest absolute Gasteiger partial charge is 0.417 e. The molecule has 1 unspecified atom stereocenters. The molecule has 1 aromatic rings. The molecule has 18 heavy (non-hydrogen) atoms. The highest BCUT2D eigenvalue weighted by Gasteiger charge is 2.38. The Morgan fingerprint density at radius 1 is 1.33 bits per heavy atom. The van der Waals surface area contributed by atoms with Gasteiger partial charge in [0.1, 0.15) is 12.4 Å². The van der Waals surface area contributed by atoms with Gasteiger partial charge < -0.3 is 14.9 Å². The molecule has 0 aliphatic rings. The first-order chi connectivity index (χ1) is 8.21. The Labute approximate surface area is 107 Å². The fourth-order valence-corrected chi connectivity index (χ4v) is 1.40. The number of rotatable bonds is 4. The molecule has 7 heteroatoms. The highest BCUT2D eigenvalue weighted by atomic mass is 35.5. The fourth-order valence-electron chi connectivity index (χ4n) is 1.16. The molecule has 0 radical (unpaired) electrons. The van der Waals surface area contributed by atoms with E-state index >= 15 is 0 Å². The zero-order valence-electron chi connectivity index (χ0n) is 9.41. The second-order valence-electron chi connectivity index (χ2n) is 3.73. The average molecular weight is 285 g/mol. The van der Waals surface area contributed by atoms with E-state index in [0.717, 1.165) is 0 Å². The van der Waals surface area contributed by atoms with Gasteiger partial charge in [-0.05, 0) is 24.6 Å². The molecule has 0 saturated heterocycles. The molecule has 2 N–H and O–H groups in total. The third kappa shape index (κ3) is 4.04. The van der Waals surface area contributed by atoms with Gasteiger partial charge in [0.25, 0.3) is 0 Å². The van der Waals surface area contributed by atoms with Gasteiger partial charge in [-0.2, -0.15) is 13.2 Å². The van der Waals surface area contributed by atoms with Crippen LogP contribution in [0.4, 0.5) is 13.2 Å². The van der Waals surface area contributed by atoms with Crippen molar-refractivity contribution < 1.29 is 28.1 Å². The van der Waals surface area contributed by atoms with Crippen LogP contribution in [0.3, 0.4) is 0 Å². The Balaban J connectivity index is 2.69. The summed E-state index contributed by atoms with van der Waals surface area (Å²) in [7, 11) is 0. The minimum atomic E-state index is -4.73. The van der Waals surface area contributed by atoms with Crippen LogP contribution in [0.2, 0.25) is 5.02 Å². The summed E-state index contributed by atoms with van der Waals surface area (Å²) in [5.74, 6) is 0.0179. The maximum Gasteiger partial charge on any atom is 0.417 e.